The maximum atomic E-state index is 6.05. The molecule has 5 nitrogen and oxygen atoms in total. The molecule has 1 heterocycles. The topological polar surface area (TPSA) is 70.3 Å². The molecule has 0 saturated carbocycles. The lowest BCUT2D eigenvalue weighted by atomic mass is 10.1. The fourth-order valence-electron chi connectivity index (χ4n) is 1.58. The molecule has 19 heavy (non-hydrogen) atoms. The molecule has 0 fully saturated rings. The zero-order valence-corrected chi connectivity index (χ0v) is 11.4. The molecule has 0 unspecified atom stereocenters. The molecular weight excluding hydrogens is 266 g/mol. The quantitative estimate of drug-likeness (QED) is 0.931. The molecule has 0 aliphatic rings. The van der Waals surface area contributed by atoms with Gasteiger partial charge >= 0.3 is 0 Å². The summed E-state index contributed by atoms with van der Waals surface area (Å²) < 4.78 is 10.6. The van der Waals surface area contributed by atoms with Crippen molar-refractivity contribution in [3.05, 3.63) is 34.9 Å². The van der Waals surface area contributed by atoms with E-state index in [2.05, 4.69) is 9.97 Å². The van der Waals surface area contributed by atoms with Crippen LogP contribution in [0.2, 0.25) is 5.02 Å². The Morgan fingerprint density at radius 3 is 2.63 bits per heavy atom. The zero-order valence-electron chi connectivity index (χ0n) is 10.7. The number of halogens is 1. The molecule has 0 saturated heterocycles. The molecule has 0 aliphatic heterocycles. The van der Waals surface area contributed by atoms with E-state index >= 15 is 0 Å². The summed E-state index contributed by atoms with van der Waals surface area (Å²) in [5, 5.41) is 0.717. The average molecular weight is 280 g/mol. The van der Waals surface area contributed by atoms with E-state index in [4.69, 9.17) is 26.8 Å². The lowest BCUT2D eigenvalue weighted by Gasteiger charge is -2.08. The van der Waals surface area contributed by atoms with Crippen LogP contribution in [0.5, 0.6) is 17.5 Å². The highest BCUT2D eigenvalue weighted by atomic mass is 35.5. The van der Waals surface area contributed by atoms with Gasteiger partial charge in [-0.1, -0.05) is 18.5 Å². The largest absolute Gasteiger partial charge is 0.481 e. The number of rotatable bonds is 4. The summed E-state index contributed by atoms with van der Waals surface area (Å²) >= 11 is 6.05. The molecule has 0 atom stereocenters. The number of ether oxygens (including phenoxy) is 2. The van der Waals surface area contributed by atoms with Gasteiger partial charge in [0.2, 0.25) is 17.7 Å². The number of aryl methyl sites for hydroxylation is 1. The van der Waals surface area contributed by atoms with Crippen LogP contribution in [0.4, 0.5) is 5.95 Å². The van der Waals surface area contributed by atoms with Crippen LogP contribution in [0.25, 0.3) is 0 Å². The summed E-state index contributed by atoms with van der Waals surface area (Å²) in [6, 6.07) is 6.99. The molecular formula is C13H14ClN3O2. The molecule has 0 bridgehead atoms. The van der Waals surface area contributed by atoms with Crippen molar-refractivity contribution in [2.75, 3.05) is 12.8 Å². The Balaban J connectivity index is 2.28. The van der Waals surface area contributed by atoms with Gasteiger partial charge in [-0.15, -0.1) is 0 Å². The second-order valence-corrected chi connectivity index (χ2v) is 4.22. The van der Waals surface area contributed by atoms with Crippen LogP contribution >= 0.6 is 11.6 Å². The van der Waals surface area contributed by atoms with E-state index in [1.807, 2.05) is 13.0 Å². The fraction of sp³-hybridized carbons (Fsp3) is 0.231. The number of hydrogen-bond donors (Lipinski definition) is 1. The monoisotopic (exact) mass is 279 g/mol. The van der Waals surface area contributed by atoms with Gasteiger partial charge in [-0.3, -0.25) is 0 Å². The Hall–Kier alpha value is -2.01. The summed E-state index contributed by atoms with van der Waals surface area (Å²) in [6.07, 6.45) is 0.825. The second-order valence-electron chi connectivity index (χ2n) is 3.82. The van der Waals surface area contributed by atoms with Crippen LogP contribution in [-0.4, -0.2) is 17.1 Å². The molecule has 6 heteroatoms. The third kappa shape index (κ3) is 3.26. The molecule has 2 aromatic rings. The number of hydrogen-bond acceptors (Lipinski definition) is 5. The van der Waals surface area contributed by atoms with Gasteiger partial charge < -0.3 is 15.2 Å². The van der Waals surface area contributed by atoms with Crippen molar-refractivity contribution in [1.82, 2.24) is 9.97 Å². The predicted molar refractivity (Wildman–Crippen MR) is 73.9 cm³/mol. The molecule has 100 valence electrons. The molecule has 2 N–H and O–H groups in total. The lowest BCUT2D eigenvalue weighted by Crippen LogP contribution is -1.99. The van der Waals surface area contributed by atoms with Gasteiger partial charge in [0, 0.05) is 5.02 Å². The minimum Gasteiger partial charge on any atom is -0.481 e. The number of nitrogens with zero attached hydrogens (tertiary/aromatic N) is 2. The van der Waals surface area contributed by atoms with Crippen LogP contribution in [-0.2, 0) is 6.42 Å². The van der Waals surface area contributed by atoms with Gasteiger partial charge in [-0.2, -0.15) is 9.97 Å². The zero-order chi connectivity index (χ0) is 13.8. The minimum absolute atomic E-state index is 0.0963. The van der Waals surface area contributed by atoms with Crippen molar-refractivity contribution in [1.29, 1.82) is 0 Å². The number of benzene rings is 1. The highest BCUT2D eigenvalue weighted by molar-refractivity contribution is 6.31. The van der Waals surface area contributed by atoms with Crippen molar-refractivity contribution in [3.63, 3.8) is 0 Å². The fourth-order valence-corrected chi connectivity index (χ4v) is 1.84. The Morgan fingerprint density at radius 2 is 1.95 bits per heavy atom. The van der Waals surface area contributed by atoms with Crippen molar-refractivity contribution in [2.24, 2.45) is 0 Å². The number of methoxy groups -OCH3 is 1. The molecule has 0 radical (unpaired) electrons. The number of nitrogen functional groups attached to an aromatic ring is 1. The molecule has 0 spiro atoms. The van der Waals surface area contributed by atoms with Gasteiger partial charge in [0.15, 0.2) is 0 Å². The highest BCUT2D eigenvalue weighted by Crippen LogP contribution is 2.27. The third-order valence-electron chi connectivity index (χ3n) is 2.53. The molecule has 1 aromatic heterocycles. The van der Waals surface area contributed by atoms with Crippen molar-refractivity contribution < 1.29 is 9.47 Å². The average Bonchev–Trinajstić information content (AvgIpc) is 2.40. The van der Waals surface area contributed by atoms with Gasteiger partial charge in [-0.05, 0) is 30.2 Å². The SMILES string of the molecule is CCc1cc(Oc2cc(OC)nc(N)n2)ccc1Cl. The van der Waals surface area contributed by atoms with E-state index in [0.717, 1.165) is 17.0 Å². The molecule has 2 rings (SSSR count). The predicted octanol–water partition coefficient (Wildman–Crippen LogP) is 3.08. The Kier molecular flexibility index (Phi) is 4.06. The Bertz CT molecular complexity index is 590. The molecule has 0 amide bonds. The smallest absolute Gasteiger partial charge is 0.227 e. The number of nitrogens with two attached hydrogens (primary N) is 1. The second kappa shape index (κ2) is 5.75. The van der Waals surface area contributed by atoms with E-state index in [-0.39, 0.29) is 5.95 Å². The van der Waals surface area contributed by atoms with Crippen LogP contribution in [0.15, 0.2) is 24.3 Å². The van der Waals surface area contributed by atoms with E-state index in [1.165, 1.54) is 7.11 Å². The number of aromatic nitrogens is 2. The first kappa shape index (κ1) is 13.4. The standard InChI is InChI=1S/C13H14ClN3O2/c1-3-8-6-9(4-5-10(8)14)19-12-7-11(18-2)16-13(15)17-12/h4-7H,3H2,1-2H3,(H2,15,16,17). The van der Waals surface area contributed by atoms with E-state index in [1.54, 1.807) is 18.2 Å². The van der Waals surface area contributed by atoms with Crippen LogP contribution in [0.1, 0.15) is 12.5 Å². The number of anilines is 1. The summed E-state index contributed by atoms with van der Waals surface area (Å²) in [5.74, 6) is 1.42. The maximum Gasteiger partial charge on any atom is 0.227 e. The first-order chi connectivity index (χ1) is 9.12. The van der Waals surface area contributed by atoms with Crippen molar-refractivity contribution in [3.8, 4) is 17.5 Å². The maximum absolute atomic E-state index is 6.05. The summed E-state index contributed by atoms with van der Waals surface area (Å²) in [7, 11) is 1.50. The Labute approximate surface area is 116 Å². The third-order valence-corrected chi connectivity index (χ3v) is 2.89. The lowest BCUT2D eigenvalue weighted by molar-refractivity contribution is 0.389. The first-order valence-corrected chi connectivity index (χ1v) is 6.15. The minimum atomic E-state index is 0.0963. The van der Waals surface area contributed by atoms with Gasteiger partial charge in [-0.25, -0.2) is 0 Å². The van der Waals surface area contributed by atoms with Gasteiger partial charge in [0.05, 0.1) is 13.2 Å². The molecule has 1 aromatic carbocycles. The van der Waals surface area contributed by atoms with E-state index < -0.39 is 0 Å². The van der Waals surface area contributed by atoms with Crippen molar-refractivity contribution >= 4 is 17.5 Å². The van der Waals surface area contributed by atoms with Crippen LogP contribution in [0, 0.1) is 0 Å². The summed E-state index contributed by atoms with van der Waals surface area (Å²) in [6.45, 7) is 2.02. The summed E-state index contributed by atoms with van der Waals surface area (Å²) in [5.41, 5.74) is 6.57. The van der Waals surface area contributed by atoms with Crippen molar-refractivity contribution in [2.45, 2.75) is 13.3 Å². The Morgan fingerprint density at radius 1 is 1.21 bits per heavy atom. The normalized spacial score (nSPS) is 10.3. The van der Waals surface area contributed by atoms with E-state index in [9.17, 15) is 0 Å². The molecule has 0 aliphatic carbocycles. The highest BCUT2D eigenvalue weighted by Gasteiger charge is 2.06. The van der Waals surface area contributed by atoms with E-state index in [0.29, 0.717) is 17.5 Å². The van der Waals surface area contributed by atoms with Gasteiger partial charge in [0.1, 0.15) is 5.75 Å². The summed E-state index contributed by atoms with van der Waals surface area (Å²) in [4.78, 5) is 7.87. The first-order valence-electron chi connectivity index (χ1n) is 5.77. The van der Waals surface area contributed by atoms with Gasteiger partial charge in [0.25, 0.3) is 0 Å². The van der Waals surface area contributed by atoms with Crippen LogP contribution in [0.3, 0.4) is 0 Å². The van der Waals surface area contributed by atoms with Crippen LogP contribution < -0.4 is 15.2 Å².